The van der Waals surface area contributed by atoms with Crippen molar-refractivity contribution in [3.8, 4) is 0 Å². The summed E-state index contributed by atoms with van der Waals surface area (Å²) in [5.41, 5.74) is 2.91. The zero-order valence-corrected chi connectivity index (χ0v) is 18.9. The fraction of sp³-hybridized carbons (Fsp3) is 0.440. The van der Waals surface area contributed by atoms with Crippen LogP contribution in [0, 0.1) is 5.82 Å². The number of amides is 3. The molecule has 1 atom stereocenters. The molecule has 1 unspecified atom stereocenters. The van der Waals surface area contributed by atoms with E-state index in [1.54, 1.807) is 17.2 Å². The third-order valence-corrected chi connectivity index (χ3v) is 7.28. The Morgan fingerprint density at radius 2 is 2.00 bits per heavy atom. The lowest BCUT2D eigenvalue weighted by Gasteiger charge is -2.38. The van der Waals surface area contributed by atoms with Gasteiger partial charge < -0.3 is 15.5 Å². The number of carbonyl (C=O) groups excluding carboxylic acids is 3. The van der Waals surface area contributed by atoms with Crippen molar-refractivity contribution in [1.82, 2.24) is 25.8 Å². The minimum absolute atomic E-state index is 0.175. The summed E-state index contributed by atoms with van der Waals surface area (Å²) in [6.07, 6.45) is 5.18. The van der Waals surface area contributed by atoms with E-state index in [-0.39, 0.29) is 29.5 Å². The lowest BCUT2D eigenvalue weighted by atomic mass is 9.73. The van der Waals surface area contributed by atoms with Crippen LogP contribution in [0.1, 0.15) is 52.7 Å². The SMILES string of the molecule is O=C1CCC(N2Cc3cc(CNCC4(c5ccncc5F)CCNCC4)ccc3C2=O)C(=O)N1. The summed E-state index contributed by atoms with van der Waals surface area (Å²) in [7, 11) is 0. The van der Waals surface area contributed by atoms with Crippen molar-refractivity contribution in [2.24, 2.45) is 0 Å². The molecule has 3 amide bonds. The van der Waals surface area contributed by atoms with Gasteiger partial charge in [-0.25, -0.2) is 4.39 Å². The summed E-state index contributed by atoms with van der Waals surface area (Å²) in [4.78, 5) is 42.0. The molecular formula is C25H28FN5O3. The van der Waals surface area contributed by atoms with E-state index in [4.69, 9.17) is 0 Å². The minimum Gasteiger partial charge on any atom is -0.322 e. The van der Waals surface area contributed by atoms with Crippen LogP contribution in [0.3, 0.4) is 0 Å². The molecule has 0 aliphatic carbocycles. The molecule has 3 aliphatic rings. The summed E-state index contributed by atoms with van der Waals surface area (Å²) in [6.45, 7) is 3.24. The van der Waals surface area contributed by atoms with Gasteiger partial charge in [-0.15, -0.1) is 0 Å². The molecule has 5 rings (SSSR count). The van der Waals surface area contributed by atoms with Gasteiger partial charge in [-0.2, -0.15) is 0 Å². The molecule has 1 aromatic carbocycles. The Morgan fingerprint density at radius 1 is 1.18 bits per heavy atom. The molecule has 0 saturated carbocycles. The molecule has 8 nitrogen and oxygen atoms in total. The van der Waals surface area contributed by atoms with Crippen LogP contribution in [0.25, 0.3) is 0 Å². The Morgan fingerprint density at radius 3 is 2.76 bits per heavy atom. The largest absolute Gasteiger partial charge is 0.322 e. The van der Waals surface area contributed by atoms with Gasteiger partial charge in [0.2, 0.25) is 11.8 Å². The van der Waals surface area contributed by atoms with Crippen LogP contribution >= 0.6 is 0 Å². The summed E-state index contributed by atoms with van der Waals surface area (Å²) >= 11 is 0. The molecule has 0 bridgehead atoms. The number of rotatable bonds is 6. The lowest BCUT2D eigenvalue weighted by molar-refractivity contribution is -0.136. The Balaban J connectivity index is 1.27. The average molecular weight is 466 g/mol. The van der Waals surface area contributed by atoms with Gasteiger partial charge in [-0.05, 0) is 61.2 Å². The van der Waals surface area contributed by atoms with Gasteiger partial charge in [0, 0.05) is 43.2 Å². The third-order valence-electron chi connectivity index (χ3n) is 7.28. The quantitative estimate of drug-likeness (QED) is 0.558. The van der Waals surface area contributed by atoms with Crippen molar-refractivity contribution in [2.75, 3.05) is 19.6 Å². The molecule has 3 aliphatic heterocycles. The normalized spacial score (nSPS) is 22.0. The second-order valence-corrected chi connectivity index (χ2v) is 9.38. The van der Waals surface area contributed by atoms with E-state index < -0.39 is 11.9 Å². The van der Waals surface area contributed by atoms with E-state index in [2.05, 4.69) is 20.9 Å². The van der Waals surface area contributed by atoms with Crippen molar-refractivity contribution in [1.29, 1.82) is 0 Å². The number of nitrogens with one attached hydrogen (secondary N) is 3. The molecule has 2 aromatic rings. The number of benzene rings is 1. The van der Waals surface area contributed by atoms with E-state index in [1.165, 1.54) is 6.20 Å². The molecule has 4 heterocycles. The van der Waals surface area contributed by atoms with E-state index in [9.17, 15) is 18.8 Å². The first-order valence-electron chi connectivity index (χ1n) is 11.7. The van der Waals surface area contributed by atoms with Crippen LogP contribution in [0.2, 0.25) is 0 Å². The first-order chi connectivity index (χ1) is 16.5. The van der Waals surface area contributed by atoms with Crippen LogP contribution in [0.4, 0.5) is 4.39 Å². The number of hydrogen-bond donors (Lipinski definition) is 3. The van der Waals surface area contributed by atoms with Crippen LogP contribution in [0.15, 0.2) is 36.7 Å². The molecule has 2 saturated heterocycles. The number of halogens is 1. The summed E-state index contributed by atoms with van der Waals surface area (Å²) in [5.74, 6) is -1.14. The molecule has 0 radical (unpaired) electrons. The highest BCUT2D eigenvalue weighted by atomic mass is 19.1. The van der Waals surface area contributed by atoms with Crippen molar-refractivity contribution in [3.05, 3.63) is 64.7 Å². The number of imide groups is 1. The fourth-order valence-corrected chi connectivity index (χ4v) is 5.44. The zero-order chi connectivity index (χ0) is 23.7. The number of hydrogen-bond acceptors (Lipinski definition) is 6. The van der Waals surface area contributed by atoms with Gasteiger partial charge in [0.25, 0.3) is 5.91 Å². The Kier molecular flexibility index (Phi) is 6.14. The molecular weight excluding hydrogens is 437 g/mol. The van der Waals surface area contributed by atoms with Gasteiger partial charge in [0.1, 0.15) is 11.9 Å². The second-order valence-electron chi connectivity index (χ2n) is 9.38. The molecule has 0 spiro atoms. The van der Waals surface area contributed by atoms with Crippen LogP contribution in [0.5, 0.6) is 0 Å². The number of nitrogens with zero attached hydrogens (tertiary/aromatic N) is 2. The number of aromatic nitrogens is 1. The minimum atomic E-state index is -0.616. The predicted molar refractivity (Wildman–Crippen MR) is 122 cm³/mol. The number of fused-ring (bicyclic) bond motifs is 1. The van der Waals surface area contributed by atoms with E-state index in [1.807, 2.05) is 18.2 Å². The smallest absolute Gasteiger partial charge is 0.255 e. The van der Waals surface area contributed by atoms with E-state index >= 15 is 0 Å². The fourth-order valence-electron chi connectivity index (χ4n) is 5.44. The second kappa shape index (κ2) is 9.23. The predicted octanol–water partition coefficient (Wildman–Crippen LogP) is 1.39. The van der Waals surface area contributed by atoms with Crippen molar-refractivity contribution in [3.63, 3.8) is 0 Å². The summed E-state index contributed by atoms with van der Waals surface area (Å²) in [5, 5.41) is 9.20. The molecule has 2 fully saturated rings. The van der Waals surface area contributed by atoms with Crippen molar-refractivity contribution in [2.45, 2.75) is 50.2 Å². The van der Waals surface area contributed by atoms with Gasteiger partial charge in [0.15, 0.2) is 0 Å². The van der Waals surface area contributed by atoms with Crippen LogP contribution in [-0.4, -0.2) is 53.3 Å². The van der Waals surface area contributed by atoms with Crippen molar-refractivity contribution >= 4 is 17.7 Å². The Labute approximate surface area is 197 Å². The van der Waals surface area contributed by atoms with Crippen LogP contribution < -0.4 is 16.0 Å². The maximum atomic E-state index is 14.6. The van der Waals surface area contributed by atoms with Gasteiger partial charge in [-0.1, -0.05) is 12.1 Å². The first-order valence-corrected chi connectivity index (χ1v) is 11.7. The molecule has 1 aromatic heterocycles. The maximum Gasteiger partial charge on any atom is 0.255 e. The molecule has 34 heavy (non-hydrogen) atoms. The number of carbonyl (C=O) groups is 3. The summed E-state index contributed by atoms with van der Waals surface area (Å²) in [6, 6.07) is 6.89. The van der Waals surface area contributed by atoms with E-state index in [0.717, 1.165) is 37.1 Å². The molecule has 178 valence electrons. The molecule has 9 heteroatoms. The van der Waals surface area contributed by atoms with E-state index in [0.29, 0.717) is 37.2 Å². The highest BCUT2D eigenvalue weighted by Crippen LogP contribution is 2.34. The standard InChI is InChI=1S/C25H28FN5O3/c26-20-13-28-8-5-19(20)25(6-9-27-10-7-25)15-29-12-16-1-2-18-17(11-16)14-31(24(18)34)21-3-4-22(32)30-23(21)33/h1-2,5,8,11,13,21,27,29H,3-4,6-7,9-10,12,14-15H2,(H,30,32,33). The maximum absolute atomic E-state index is 14.6. The van der Waals surface area contributed by atoms with Crippen molar-refractivity contribution < 1.29 is 18.8 Å². The average Bonchev–Trinajstić information content (AvgIpc) is 3.15. The Hall–Kier alpha value is -3.17. The summed E-state index contributed by atoms with van der Waals surface area (Å²) < 4.78 is 14.6. The van der Waals surface area contributed by atoms with Gasteiger partial charge >= 0.3 is 0 Å². The van der Waals surface area contributed by atoms with Gasteiger partial charge in [-0.3, -0.25) is 24.7 Å². The number of piperidine rings is 2. The topological polar surface area (TPSA) is 103 Å². The Bertz CT molecular complexity index is 1130. The number of pyridine rings is 1. The van der Waals surface area contributed by atoms with Gasteiger partial charge in [0.05, 0.1) is 6.20 Å². The van der Waals surface area contributed by atoms with Crippen LogP contribution in [-0.2, 0) is 28.1 Å². The lowest BCUT2D eigenvalue weighted by Crippen LogP contribution is -2.52. The highest BCUT2D eigenvalue weighted by Gasteiger charge is 2.39. The molecule has 3 N–H and O–H groups in total. The highest BCUT2D eigenvalue weighted by molar-refractivity contribution is 6.05. The first kappa shape index (κ1) is 22.6. The third kappa shape index (κ3) is 4.21. The monoisotopic (exact) mass is 465 g/mol. The zero-order valence-electron chi connectivity index (χ0n) is 18.9.